The molecule has 0 atom stereocenters. The summed E-state index contributed by atoms with van der Waals surface area (Å²) in [6.07, 6.45) is 1.43. The first-order valence-electron chi connectivity index (χ1n) is 7.34. The van der Waals surface area contributed by atoms with Gasteiger partial charge in [-0.3, -0.25) is 0 Å². The van der Waals surface area contributed by atoms with Gasteiger partial charge in [-0.15, -0.1) is 0 Å². The zero-order valence-electron chi connectivity index (χ0n) is 12.8. The lowest BCUT2D eigenvalue weighted by atomic mass is 10.2. The number of hydrogen-bond acceptors (Lipinski definition) is 5. The van der Waals surface area contributed by atoms with Crippen molar-refractivity contribution in [2.45, 2.75) is 21.7 Å². The minimum atomic E-state index is -3.48. The SMILES string of the molecule is Cc1ccc(Sc2ccc(S(=O)(=O)N3CCOCC3)cn2)cc1. The molecule has 0 amide bonds. The molecule has 122 valence electrons. The highest BCUT2D eigenvalue weighted by Crippen LogP contribution is 2.27. The number of rotatable bonds is 4. The van der Waals surface area contributed by atoms with Crippen LogP contribution >= 0.6 is 11.8 Å². The van der Waals surface area contributed by atoms with Crippen LogP contribution in [0.4, 0.5) is 0 Å². The van der Waals surface area contributed by atoms with Gasteiger partial charge in [0, 0.05) is 24.2 Å². The molecule has 0 spiro atoms. The number of nitrogens with zero attached hydrogens (tertiary/aromatic N) is 2. The fourth-order valence-corrected chi connectivity index (χ4v) is 4.35. The minimum Gasteiger partial charge on any atom is -0.379 e. The first-order chi connectivity index (χ1) is 11.1. The Hall–Kier alpha value is -1.41. The molecule has 1 aliphatic rings. The van der Waals surface area contributed by atoms with E-state index in [0.29, 0.717) is 26.3 Å². The Labute approximate surface area is 140 Å². The number of hydrogen-bond donors (Lipinski definition) is 0. The molecule has 1 fully saturated rings. The van der Waals surface area contributed by atoms with Crippen LogP contribution in [0.25, 0.3) is 0 Å². The second-order valence-corrected chi connectivity index (χ2v) is 8.30. The molecule has 1 aliphatic heterocycles. The maximum absolute atomic E-state index is 12.5. The summed E-state index contributed by atoms with van der Waals surface area (Å²) in [5, 5.41) is 0.773. The zero-order valence-corrected chi connectivity index (χ0v) is 14.4. The number of ether oxygens (including phenoxy) is 1. The van der Waals surface area contributed by atoms with E-state index in [4.69, 9.17) is 4.74 Å². The average Bonchev–Trinajstić information content (AvgIpc) is 2.58. The van der Waals surface area contributed by atoms with Crippen molar-refractivity contribution in [2.75, 3.05) is 26.3 Å². The van der Waals surface area contributed by atoms with Crippen LogP contribution in [-0.2, 0) is 14.8 Å². The topological polar surface area (TPSA) is 59.5 Å². The van der Waals surface area contributed by atoms with Crippen LogP contribution in [0, 0.1) is 6.92 Å². The third-order valence-electron chi connectivity index (χ3n) is 3.56. The Morgan fingerprint density at radius 1 is 1.09 bits per heavy atom. The van der Waals surface area contributed by atoms with Crippen LogP contribution in [0.15, 0.2) is 57.4 Å². The number of sulfonamides is 1. The molecule has 0 aliphatic carbocycles. The van der Waals surface area contributed by atoms with E-state index in [-0.39, 0.29) is 4.90 Å². The molecule has 0 saturated carbocycles. The standard InChI is InChI=1S/C16H18N2O3S2/c1-13-2-4-14(5-3-13)22-16-7-6-15(12-17-16)23(19,20)18-8-10-21-11-9-18/h2-7,12H,8-11H2,1H3. The van der Waals surface area contributed by atoms with Crippen LogP contribution in [0.1, 0.15) is 5.56 Å². The summed E-state index contributed by atoms with van der Waals surface area (Å²) in [5.74, 6) is 0. The Bertz CT molecular complexity index is 753. The summed E-state index contributed by atoms with van der Waals surface area (Å²) in [6, 6.07) is 11.5. The maximum atomic E-state index is 12.5. The summed E-state index contributed by atoms with van der Waals surface area (Å²) in [6.45, 7) is 3.70. The van der Waals surface area contributed by atoms with Crippen molar-refractivity contribution in [3.8, 4) is 0 Å². The Balaban J connectivity index is 1.74. The van der Waals surface area contributed by atoms with Gasteiger partial charge in [0.25, 0.3) is 0 Å². The molecular formula is C16H18N2O3S2. The Morgan fingerprint density at radius 3 is 2.39 bits per heavy atom. The number of benzene rings is 1. The molecule has 1 aromatic heterocycles. The van der Waals surface area contributed by atoms with Crippen LogP contribution < -0.4 is 0 Å². The molecule has 2 aromatic rings. The summed E-state index contributed by atoms with van der Waals surface area (Å²) < 4.78 is 31.7. The fraction of sp³-hybridized carbons (Fsp3) is 0.312. The zero-order chi connectivity index (χ0) is 16.3. The van der Waals surface area contributed by atoms with Gasteiger partial charge >= 0.3 is 0 Å². The molecule has 2 heterocycles. The molecule has 1 saturated heterocycles. The number of pyridine rings is 1. The van der Waals surface area contributed by atoms with E-state index >= 15 is 0 Å². The quantitative estimate of drug-likeness (QED) is 0.848. The largest absolute Gasteiger partial charge is 0.379 e. The number of aromatic nitrogens is 1. The third-order valence-corrected chi connectivity index (χ3v) is 6.40. The maximum Gasteiger partial charge on any atom is 0.244 e. The van der Waals surface area contributed by atoms with Gasteiger partial charge in [-0.1, -0.05) is 29.5 Å². The molecule has 0 unspecified atom stereocenters. The van der Waals surface area contributed by atoms with E-state index < -0.39 is 10.0 Å². The predicted octanol–water partition coefficient (Wildman–Crippen LogP) is 2.56. The monoisotopic (exact) mass is 350 g/mol. The Kier molecular flexibility index (Phi) is 5.01. The predicted molar refractivity (Wildman–Crippen MR) is 89.1 cm³/mol. The van der Waals surface area contributed by atoms with Gasteiger partial charge in [-0.25, -0.2) is 13.4 Å². The first kappa shape index (κ1) is 16.4. The molecule has 0 radical (unpaired) electrons. The van der Waals surface area contributed by atoms with E-state index in [9.17, 15) is 8.42 Å². The van der Waals surface area contributed by atoms with Gasteiger partial charge in [0.2, 0.25) is 10.0 Å². The lowest BCUT2D eigenvalue weighted by Crippen LogP contribution is -2.40. The normalized spacial score (nSPS) is 16.4. The van der Waals surface area contributed by atoms with Crippen molar-refractivity contribution in [1.29, 1.82) is 0 Å². The van der Waals surface area contributed by atoms with E-state index in [2.05, 4.69) is 4.98 Å². The molecule has 7 heteroatoms. The van der Waals surface area contributed by atoms with Crippen molar-refractivity contribution >= 4 is 21.8 Å². The van der Waals surface area contributed by atoms with Gasteiger partial charge in [-0.2, -0.15) is 4.31 Å². The summed E-state index contributed by atoms with van der Waals surface area (Å²) in [7, 11) is -3.48. The summed E-state index contributed by atoms with van der Waals surface area (Å²) >= 11 is 1.51. The van der Waals surface area contributed by atoms with E-state index in [1.807, 2.05) is 31.2 Å². The van der Waals surface area contributed by atoms with E-state index in [1.54, 1.807) is 12.1 Å². The van der Waals surface area contributed by atoms with Crippen LogP contribution in [-0.4, -0.2) is 44.0 Å². The molecule has 1 aromatic carbocycles. The van der Waals surface area contributed by atoms with Gasteiger partial charge in [0.1, 0.15) is 9.92 Å². The molecular weight excluding hydrogens is 332 g/mol. The van der Waals surface area contributed by atoms with E-state index in [1.165, 1.54) is 27.8 Å². The van der Waals surface area contributed by atoms with Crippen molar-refractivity contribution in [3.63, 3.8) is 0 Å². The number of morpholine rings is 1. The number of aryl methyl sites for hydroxylation is 1. The molecule has 0 N–H and O–H groups in total. The van der Waals surface area contributed by atoms with Crippen molar-refractivity contribution < 1.29 is 13.2 Å². The highest BCUT2D eigenvalue weighted by molar-refractivity contribution is 7.99. The second-order valence-electron chi connectivity index (χ2n) is 5.26. The van der Waals surface area contributed by atoms with Crippen molar-refractivity contribution in [1.82, 2.24) is 9.29 Å². The molecule has 23 heavy (non-hydrogen) atoms. The lowest BCUT2D eigenvalue weighted by Gasteiger charge is -2.25. The van der Waals surface area contributed by atoms with Crippen molar-refractivity contribution in [2.24, 2.45) is 0 Å². The molecule has 3 rings (SSSR count). The van der Waals surface area contributed by atoms with E-state index in [0.717, 1.165) is 9.92 Å². The van der Waals surface area contributed by atoms with Crippen LogP contribution in [0.3, 0.4) is 0 Å². The summed E-state index contributed by atoms with van der Waals surface area (Å²) in [5.41, 5.74) is 1.20. The minimum absolute atomic E-state index is 0.229. The summed E-state index contributed by atoms with van der Waals surface area (Å²) in [4.78, 5) is 5.59. The fourth-order valence-electron chi connectivity index (χ4n) is 2.24. The van der Waals surface area contributed by atoms with Gasteiger partial charge in [0.15, 0.2) is 0 Å². The van der Waals surface area contributed by atoms with Crippen molar-refractivity contribution in [3.05, 3.63) is 48.2 Å². The van der Waals surface area contributed by atoms with Gasteiger partial charge < -0.3 is 4.74 Å². The highest BCUT2D eigenvalue weighted by Gasteiger charge is 2.26. The first-order valence-corrected chi connectivity index (χ1v) is 9.60. The second kappa shape index (κ2) is 7.00. The molecule has 0 bridgehead atoms. The molecule has 5 nitrogen and oxygen atoms in total. The van der Waals surface area contributed by atoms with Crippen LogP contribution in [0.5, 0.6) is 0 Å². The van der Waals surface area contributed by atoms with Gasteiger partial charge in [0.05, 0.1) is 13.2 Å². The highest BCUT2D eigenvalue weighted by atomic mass is 32.2. The Morgan fingerprint density at radius 2 is 1.78 bits per heavy atom. The lowest BCUT2D eigenvalue weighted by molar-refractivity contribution is 0.0730. The van der Waals surface area contributed by atoms with Crippen LogP contribution in [0.2, 0.25) is 0 Å². The third kappa shape index (κ3) is 3.92. The smallest absolute Gasteiger partial charge is 0.244 e. The average molecular weight is 350 g/mol. The van der Waals surface area contributed by atoms with Gasteiger partial charge in [-0.05, 0) is 31.2 Å².